The van der Waals surface area contributed by atoms with Gasteiger partial charge < -0.3 is 0 Å². The first-order chi connectivity index (χ1) is 9.81. The molecule has 20 heavy (non-hydrogen) atoms. The molecule has 0 saturated heterocycles. The molecule has 0 amide bonds. The Hall–Kier alpha value is -2.10. The van der Waals surface area contributed by atoms with Gasteiger partial charge in [-0.25, -0.2) is 14.3 Å². The number of pyridine rings is 1. The lowest BCUT2D eigenvalue weighted by Gasteiger charge is -2.20. The summed E-state index contributed by atoms with van der Waals surface area (Å²) >= 11 is 0. The topological polar surface area (TPSA) is 39.8 Å². The van der Waals surface area contributed by atoms with Crippen molar-refractivity contribution in [3.8, 4) is 5.82 Å². The van der Waals surface area contributed by atoms with Gasteiger partial charge >= 0.3 is 0 Å². The minimum absolute atomic E-state index is 0.0578. The molecule has 2 aromatic heterocycles. The van der Waals surface area contributed by atoms with E-state index in [1.54, 1.807) is 12.3 Å². The van der Waals surface area contributed by atoms with Crippen LogP contribution in [0.4, 0.5) is 0 Å². The summed E-state index contributed by atoms with van der Waals surface area (Å²) in [5.74, 6) is 2.77. The van der Waals surface area contributed by atoms with E-state index in [0.717, 1.165) is 18.3 Å². The van der Waals surface area contributed by atoms with Crippen molar-refractivity contribution in [1.82, 2.24) is 14.3 Å². The quantitative estimate of drug-likeness (QED) is 0.800. The smallest absolute Gasteiger partial charge is 0.266 e. The second kappa shape index (κ2) is 4.47. The number of hydrogen-bond acceptors (Lipinski definition) is 2. The molecular weight excluding hydrogens is 250 g/mol. The fraction of sp³-hybridized carbons (Fsp3) is 0.375. The zero-order valence-electron chi connectivity index (χ0n) is 11.2. The highest BCUT2D eigenvalue weighted by Crippen LogP contribution is 2.43. The fourth-order valence-electron chi connectivity index (χ4n) is 3.60. The zero-order chi connectivity index (χ0) is 13.5. The molecule has 4 nitrogen and oxygen atoms in total. The summed E-state index contributed by atoms with van der Waals surface area (Å²) in [4.78, 5) is 16.4. The molecule has 4 heteroatoms. The maximum Gasteiger partial charge on any atom is 0.266 e. The van der Waals surface area contributed by atoms with Gasteiger partial charge in [0.05, 0.1) is 0 Å². The highest BCUT2D eigenvalue weighted by molar-refractivity contribution is 5.20. The van der Waals surface area contributed by atoms with Crippen LogP contribution in [0.15, 0.2) is 53.6 Å². The number of nitrogens with zero attached hydrogens (tertiary/aromatic N) is 3. The van der Waals surface area contributed by atoms with Gasteiger partial charge in [-0.3, -0.25) is 4.79 Å². The number of fused-ring (bicyclic) bond motifs is 2. The molecule has 1 unspecified atom stereocenters. The highest BCUT2D eigenvalue weighted by atomic mass is 16.1. The molecule has 0 aromatic carbocycles. The van der Waals surface area contributed by atoms with E-state index < -0.39 is 0 Å². The van der Waals surface area contributed by atoms with Gasteiger partial charge in [0.25, 0.3) is 5.56 Å². The summed E-state index contributed by atoms with van der Waals surface area (Å²) in [7, 11) is 0. The third-order valence-corrected chi connectivity index (χ3v) is 4.58. The molecular formula is C16H17N3O. The maximum atomic E-state index is 12.1. The van der Waals surface area contributed by atoms with E-state index in [4.69, 9.17) is 0 Å². The van der Waals surface area contributed by atoms with Crippen LogP contribution in [0, 0.1) is 17.8 Å². The molecule has 2 aromatic rings. The molecule has 0 aliphatic heterocycles. The molecule has 2 bridgehead atoms. The van der Waals surface area contributed by atoms with E-state index in [9.17, 15) is 4.79 Å². The minimum Gasteiger partial charge on any atom is -0.268 e. The van der Waals surface area contributed by atoms with E-state index in [1.807, 2.05) is 33.8 Å². The second-order valence-electron chi connectivity index (χ2n) is 5.81. The molecule has 4 rings (SSSR count). The molecule has 0 spiro atoms. The lowest BCUT2D eigenvalue weighted by molar-refractivity contribution is 0.344. The van der Waals surface area contributed by atoms with Gasteiger partial charge in [-0.1, -0.05) is 18.2 Å². The van der Waals surface area contributed by atoms with Crippen LogP contribution >= 0.6 is 0 Å². The molecule has 0 radical (unpaired) electrons. The van der Waals surface area contributed by atoms with Crippen LogP contribution in [0.3, 0.4) is 0 Å². The summed E-state index contributed by atoms with van der Waals surface area (Å²) in [6.07, 6.45) is 10.7. The van der Waals surface area contributed by atoms with Gasteiger partial charge in [0.1, 0.15) is 0 Å². The molecule has 1 fully saturated rings. The van der Waals surface area contributed by atoms with Crippen LogP contribution in [0.1, 0.15) is 12.8 Å². The van der Waals surface area contributed by atoms with Crippen molar-refractivity contribution < 1.29 is 0 Å². The van der Waals surface area contributed by atoms with Crippen molar-refractivity contribution in [2.45, 2.75) is 19.4 Å². The average molecular weight is 267 g/mol. The number of aromatic nitrogens is 3. The van der Waals surface area contributed by atoms with Crippen LogP contribution < -0.4 is 5.56 Å². The summed E-state index contributed by atoms with van der Waals surface area (Å²) in [6, 6.07) is 7.38. The third-order valence-electron chi connectivity index (χ3n) is 4.58. The van der Waals surface area contributed by atoms with Crippen molar-refractivity contribution in [3.63, 3.8) is 0 Å². The molecule has 1 saturated carbocycles. The Morgan fingerprint density at radius 3 is 2.85 bits per heavy atom. The van der Waals surface area contributed by atoms with Gasteiger partial charge in [0, 0.05) is 25.0 Å². The maximum absolute atomic E-state index is 12.1. The van der Waals surface area contributed by atoms with Crippen molar-refractivity contribution in [2.24, 2.45) is 17.8 Å². The first-order valence-electron chi connectivity index (χ1n) is 7.19. The first kappa shape index (κ1) is 11.7. The van der Waals surface area contributed by atoms with Crippen LogP contribution in [-0.2, 0) is 6.54 Å². The van der Waals surface area contributed by atoms with E-state index in [2.05, 4.69) is 17.1 Å². The van der Waals surface area contributed by atoms with Gasteiger partial charge in [0.15, 0.2) is 5.82 Å². The van der Waals surface area contributed by atoms with Gasteiger partial charge in [-0.15, -0.1) is 0 Å². The predicted octanol–water partition coefficient (Wildman–Crippen LogP) is 2.25. The van der Waals surface area contributed by atoms with Gasteiger partial charge in [0.2, 0.25) is 0 Å². The summed E-state index contributed by atoms with van der Waals surface area (Å²) in [5.41, 5.74) is 0.0578. The van der Waals surface area contributed by atoms with Crippen molar-refractivity contribution in [3.05, 3.63) is 59.2 Å². The van der Waals surface area contributed by atoms with Crippen LogP contribution in [0.25, 0.3) is 5.82 Å². The minimum atomic E-state index is 0.0578. The van der Waals surface area contributed by atoms with Crippen molar-refractivity contribution in [2.75, 3.05) is 0 Å². The van der Waals surface area contributed by atoms with Gasteiger partial charge in [-0.2, -0.15) is 0 Å². The Morgan fingerprint density at radius 1 is 1.20 bits per heavy atom. The lowest BCUT2D eigenvalue weighted by atomic mass is 9.94. The summed E-state index contributed by atoms with van der Waals surface area (Å²) < 4.78 is 3.69. The largest absolute Gasteiger partial charge is 0.268 e. The lowest BCUT2D eigenvalue weighted by Crippen LogP contribution is -2.27. The zero-order valence-corrected chi connectivity index (χ0v) is 11.2. The predicted molar refractivity (Wildman–Crippen MR) is 76.7 cm³/mol. The molecule has 3 atom stereocenters. The summed E-state index contributed by atoms with van der Waals surface area (Å²) in [6.45, 7) is 0.786. The Labute approximate surface area is 117 Å². The Bertz CT molecular complexity index is 698. The SMILES string of the molecule is O=c1ccn(-c2ccccn2)n1CC1C[C@@H]2C=C[C@H]1C2. The highest BCUT2D eigenvalue weighted by Gasteiger charge is 2.36. The van der Waals surface area contributed by atoms with Crippen LogP contribution in [0.2, 0.25) is 0 Å². The first-order valence-corrected chi connectivity index (χ1v) is 7.19. The van der Waals surface area contributed by atoms with Crippen molar-refractivity contribution in [1.29, 1.82) is 0 Å². The molecule has 2 heterocycles. The standard InChI is InChI=1S/C16H17N3O/c20-16-6-8-18(15-3-1-2-7-17-15)19(16)11-14-10-12-4-5-13(14)9-12/h1-8,12-14H,9-11H2/t12-,13+,14?/m1/s1. The monoisotopic (exact) mass is 267 g/mol. The summed E-state index contributed by atoms with van der Waals surface area (Å²) in [5, 5.41) is 0. The third kappa shape index (κ3) is 1.83. The molecule has 102 valence electrons. The second-order valence-corrected chi connectivity index (χ2v) is 5.81. The fourth-order valence-corrected chi connectivity index (χ4v) is 3.60. The van der Waals surface area contributed by atoms with Crippen LogP contribution in [0.5, 0.6) is 0 Å². The molecule has 0 N–H and O–H groups in total. The molecule has 2 aliphatic carbocycles. The van der Waals surface area contributed by atoms with E-state index in [-0.39, 0.29) is 5.56 Å². The Kier molecular flexibility index (Phi) is 2.62. The number of hydrogen-bond donors (Lipinski definition) is 0. The normalized spacial score (nSPS) is 27.3. The van der Waals surface area contributed by atoms with Gasteiger partial charge in [-0.05, 0) is 42.7 Å². The number of rotatable bonds is 3. The van der Waals surface area contributed by atoms with E-state index >= 15 is 0 Å². The number of allylic oxidation sites excluding steroid dienone is 2. The van der Waals surface area contributed by atoms with Crippen molar-refractivity contribution >= 4 is 0 Å². The molecule has 2 aliphatic rings. The Morgan fingerprint density at radius 2 is 2.15 bits per heavy atom. The average Bonchev–Trinajstić information content (AvgIpc) is 3.17. The van der Waals surface area contributed by atoms with E-state index in [1.165, 1.54) is 12.8 Å². The van der Waals surface area contributed by atoms with E-state index in [0.29, 0.717) is 11.8 Å². The van der Waals surface area contributed by atoms with Crippen LogP contribution in [-0.4, -0.2) is 14.3 Å². The Balaban J connectivity index is 1.67.